The molecule has 5 saturated carbocycles. The highest BCUT2D eigenvalue weighted by molar-refractivity contribution is 5.18. The van der Waals surface area contributed by atoms with Gasteiger partial charge in [-0.3, -0.25) is 0 Å². The Morgan fingerprint density at radius 2 is 1.41 bits per heavy atom. The summed E-state index contributed by atoms with van der Waals surface area (Å²) >= 11 is 0. The number of hydrogen-bond donors (Lipinski definition) is 2. The first kappa shape index (κ1) is 32.3. The second kappa shape index (κ2) is 11.7. The Bertz CT molecular complexity index is 888. The minimum atomic E-state index is -0.445. The van der Waals surface area contributed by atoms with Crippen LogP contribution in [0.2, 0.25) is 0 Å². The van der Waals surface area contributed by atoms with Gasteiger partial charge in [0.05, 0.1) is 12.2 Å². The van der Waals surface area contributed by atoms with Crippen LogP contribution in [0.25, 0.3) is 0 Å². The third kappa shape index (κ3) is 5.42. The normalized spacial score (nSPS) is 54.7. The second-order valence-electron chi connectivity index (χ2n) is 18.6. The van der Waals surface area contributed by atoms with Crippen molar-refractivity contribution in [2.45, 2.75) is 158 Å². The molecule has 14 atom stereocenters. The summed E-state index contributed by atoms with van der Waals surface area (Å²) in [5.74, 6) is 8.55. The number of rotatable bonds is 6. The fourth-order valence-corrected chi connectivity index (χ4v) is 14.1. The molecule has 0 radical (unpaired) electrons. The van der Waals surface area contributed by atoms with Gasteiger partial charge in [-0.05, 0) is 121 Å². The Kier molecular flexibility index (Phi) is 9.21. The monoisotopic (exact) mass is 571 g/mol. The van der Waals surface area contributed by atoms with E-state index in [1.807, 2.05) is 6.92 Å². The number of aliphatic hydroxyl groups excluding tert-OH is 2. The number of hydrogen-bond acceptors (Lipinski definition) is 2. The Balaban J connectivity index is 1.35. The van der Waals surface area contributed by atoms with Gasteiger partial charge in [0.25, 0.3) is 0 Å². The first-order chi connectivity index (χ1) is 19.1. The van der Waals surface area contributed by atoms with Crippen molar-refractivity contribution in [2.24, 2.45) is 87.3 Å². The van der Waals surface area contributed by atoms with E-state index in [0.29, 0.717) is 23.2 Å². The van der Waals surface area contributed by atoms with Gasteiger partial charge in [0, 0.05) is 11.3 Å². The number of fused-ring (bicyclic) bond motifs is 3. The quantitative estimate of drug-likeness (QED) is 0.333. The maximum atomic E-state index is 12.1. The summed E-state index contributed by atoms with van der Waals surface area (Å²) in [5, 5.41) is 22.9. The van der Waals surface area contributed by atoms with Crippen LogP contribution < -0.4 is 0 Å². The minimum Gasteiger partial charge on any atom is -0.393 e. The summed E-state index contributed by atoms with van der Waals surface area (Å²) in [7, 11) is 0. The molecule has 0 aliphatic heterocycles. The molecule has 0 aromatic heterocycles. The first-order valence-electron chi connectivity index (χ1n) is 18.5. The zero-order chi connectivity index (χ0) is 30.1. The lowest BCUT2D eigenvalue weighted by Crippen LogP contribution is -2.69. The second-order valence-corrected chi connectivity index (χ2v) is 18.6. The molecule has 0 spiro atoms. The van der Waals surface area contributed by atoms with Gasteiger partial charge in [-0.2, -0.15) is 0 Å². The molecule has 5 rings (SSSR count). The van der Waals surface area contributed by atoms with E-state index < -0.39 is 12.2 Å². The van der Waals surface area contributed by atoms with Gasteiger partial charge in [0.15, 0.2) is 0 Å². The standard InChI is InChI=1S/C39H70O2/c1-23(2)19-30-14-12-29(13-15-30)16-18-31-17-11-24(3)33-26(5)35-27(6)39(10)36(41)34(28(7)40)25(4)20-38(39,9)22-37(35,8)21-32(31)33/h23-36,40-41H,11-22H2,1-10H3. The molecular formula is C39H70O2. The Morgan fingerprint density at radius 1 is 0.780 bits per heavy atom. The molecule has 2 heteroatoms. The van der Waals surface area contributed by atoms with E-state index in [1.165, 1.54) is 70.6 Å². The molecule has 0 saturated heterocycles. The Labute approximate surface area is 255 Å². The summed E-state index contributed by atoms with van der Waals surface area (Å²) in [6.07, 6.45) is 16.2. The van der Waals surface area contributed by atoms with Crippen LogP contribution in [-0.2, 0) is 0 Å². The van der Waals surface area contributed by atoms with Crippen LogP contribution in [0, 0.1) is 87.3 Å². The molecule has 5 fully saturated rings. The minimum absolute atomic E-state index is 0.00931. The summed E-state index contributed by atoms with van der Waals surface area (Å²) in [6.45, 7) is 24.4. The maximum Gasteiger partial charge on any atom is 0.0656 e. The fraction of sp³-hybridized carbons (Fsp3) is 1.00. The van der Waals surface area contributed by atoms with Crippen molar-refractivity contribution in [3.63, 3.8) is 0 Å². The van der Waals surface area contributed by atoms with Crippen LogP contribution in [0.5, 0.6) is 0 Å². The predicted octanol–water partition coefficient (Wildman–Crippen LogP) is 10.0. The molecule has 0 heterocycles. The summed E-state index contributed by atoms with van der Waals surface area (Å²) in [4.78, 5) is 0. The van der Waals surface area contributed by atoms with Gasteiger partial charge >= 0.3 is 0 Å². The van der Waals surface area contributed by atoms with Crippen LogP contribution in [0.1, 0.15) is 146 Å². The molecule has 14 unspecified atom stereocenters. The van der Waals surface area contributed by atoms with E-state index in [4.69, 9.17) is 0 Å². The highest BCUT2D eigenvalue weighted by Gasteiger charge is 2.69. The lowest BCUT2D eigenvalue weighted by Gasteiger charge is -2.72. The van der Waals surface area contributed by atoms with Crippen molar-refractivity contribution in [1.82, 2.24) is 0 Å². The van der Waals surface area contributed by atoms with Crippen LogP contribution in [0.15, 0.2) is 0 Å². The maximum absolute atomic E-state index is 12.1. The molecule has 5 aliphatic rings. The van der Waals surface area contributed by atoms with Crippen molar-refractivity contribution in [1.29, 1.82) is 0 Å². The Hall–Kier alpha value is -0.0800. The van der Waals surface area contributed by atoms with E-state index >= 15 is 0 Å². The van der Waals surface area contributed by atoms with Crippen LogP contribution in [0.3, 0.4) is 0 Å². The molecule has 41 heavy (non-hydrogen) atoms. The van der Waals surface area contributed by atoms with Crippen molar-refractivity contribution in [3.8, 4) is 0 Å². The van der Waals surface area contributed by atoms with E-state index in [0.717, 1.165) is 53.8 Å². The van der Waals surface area contributed by atoms with Gasteiger partial charge in [0.1, 0.15) is 0 Å². The van der Waals surface area contributed by atoms with Crippen molar-refractivity contribution in [2.75, 3.05) is 0 Å². The van der Waals surface area contributed by atoms with Crippen molar-refractivity contribution < 1.29 is 10.2 Å². The van der Waals surface area contributed by atoms with Crippen molar-refractivity contribution in [3.05, 3.63) is 0 Å². The molecule has 0 bridgehead atoms. The third-order valence-electron chi connectivity index (χ3n) is 15.7. The molecule has 2 N–H and O–H groups in total. The van der Waals surface area contributed by atoms with Crippen LogP contribution in [0.4, 0.5) is 0 Å². The highest BCUT2D eigenvalue weighted by atomic mass is 16.3. The van der Waals surface area contributed by atoms with Crippen LogP contribution in [-0.4, -0.2) is 22.4 Å². The molecule has 0 amide bonds. The van der Waals surface area contributed by atoms with E-state index in [-0.39, 0.29) is 16.7 Å². The largest absolute Gasteiger partial charge is 0.393 e. The van der Waals surface area contributed by atoms with E-state index in [2.05, 4.69) is 62.3 Å². The van der Waals surface area contributed by atoms with Crippen LogP contribution >= 0.6 is 0 Å². The summed E-state index contributed by atoms with van der Waals surface area (Å²) < 4.78 is 0. The lowest BCUT2D eigenvalue weighted by molar-refractivity contribution is -0.269. The number of aliphatic hydroxyl groups is 2. The molecule has 238 valence electrons. The van der Waals surface area contributed by atoms with Gasteiger partial charge in [-0.15, -0.1) is 0 Å². The predicted molar refractivity (Wildman–Crippen MR) is 173 cm³/mol. The molecule has 5 aliphatic carbocycles. The smallest absolute Gasteiger partial charge is 0.0656 e. The first-order valence-corrected chi connectivity index (χ1v) is 18.5. The molecule has 0 aromatic rings. The SMILES string of the molecule is CC(C)CC1CCC(CCC2CCC(C)C3C(C)C4C(C)C5(C)C(O)C(C(C)O)C(C)CC5(C)CC4(C)CC23)CC1. The van der Waals surface area contributed by atoms with E-state index in [9.17, 15) is 10.2 Å². The Morgan fingerprint density at radius 3 is 2.02 bits per heavy atom. The molecular weight excluding hydrogens is 500 g/mol. The molecule has 0 aromatic carbocycles. The lowest BCUT2D eigenvalue weighted by atomic mass is 9.33. The average molecular weight is 571 g/mol. The van der Waals surface area contributed by atoms with E-state index in [1.54, 1.807) is 0 Å². The molecule has 2 nitrogen and oxygen atoms in total. The van der Waals surface area contributed by atoms with Gasteiger partial charge < -0.3 is 10.2 Å². The summed E-state index contributed by atoms with van der Waals surface area (Å²) in [6, 6.07) is 0. The summed E-state index contributed by atoms with van der Waals surface area (Å²) in [5.41, 5.74) is 0.340. The third-order valence-corrected chi connectivity index (χ3v) is 15.7. The van der Waals surface area contributed by atoms with Gasteiger partial charge in [-0.25, -0.2) is 0 Å². The van der Waals surface area contributed by atoms with Gasteiger partial charge in [0.2, 0.25) is 0 Å². The topological polar surface area (TPSA) is 40.5 Å². The fourth-order valence-electron chi connectivity index (χ4n) is 14.1. The zero-order valence-electron chi connectivity index (χ0n) is 29.0. The van der Waals surface area contributed by atoms with Crippen molar-refractivity contribution >= 4 is 0 Å². The zero-order valence-corrected chi connectivity index (χ0v) is 29.0. The van der Waals surface area contributed by atoms with Gasteiger partial charge in [-0.1, -0.05) is 101 Å². The average Bonchev–Trinajstić information content (AvgIpc) is 2.86. The highest BCUT2D eigenvalue weighted by Crippen LogP contribution is 2.74.